The molecule has 0 spiro atoms. The molecular formula is C13H19NO2. The Morgan fingerprint density at radius 1 is 1.44 bits per heavy atom. The first-order chi connectivity index (χ1) is 7.63. The van der Waals surface area contributed by atoms with Crippen molar-refractivity contribution in [3.8, 4) is 5.75 Å². The van der Waals surface area contributed by atoms with Gasteiger partial charge in [-0.1, -0.05) is 19.1 Å². The van der Waals surface area contributed by atoms with E-state index in [9.17, 15) is 4.79 Å². The lowest BCUT2D eigenvalue weighted by Crippen LogP contribution is -2.30. The van der Waals surface area contributed by atoms with E-state index in [1.165, 1.54) is 5.56 Å². The van der Waals surface area contributed by atoms with Crippen LogP contribution in [-0.4, -0.2) is 31.0 Å². The molecule has 16 heavy (non-hydrogen) atoms. The lowest BCUT2D eigenvalue weighted by atomic mass is 10.2. The average molecular weight is 221 g/mol. The predicted molar refractivity (Wildman–Crippen MR) is 64.6 cm³/mol. The molecule has 0 saturated heterocycles. The second kappa shape index (κ2) is 6.16. The van der Waals surface area contributed by atoms with Crippen LogP contribution in [0.1, 0.15) is 18.9 Å². The number of amides is 1. The third-order valence-corrected chi connectivity index (χ3v) is 2.41. The van der Waals surface area contributed by atoms with E-state index in [0.717, 1.165) is 5.75 Å². The number of hydrogen-bond donors (Lipinski definition) is 0. The molecule has 0 bridgehead atoms. The van der Waals surface area contributed by atoms with Crippen LogP contribution < -0.4 is 4.74 Å². The van der Waals surface area contributed by atoms with Gasteiger partial charge in [-0.15, -0.1) is 0 Å². The van der Waals surface area contributed by atoms with E-state index in [0.29, 0.717) is 19.6 Å². The first-order valence-corrected chi connectivity index (χ1v) is 5.57. The van der Waals surface area contributed by atoms with Gasteiger partial charge in [0.05, 0.1) is 6.54 Å². The van der Waals surface area contributed by atoms with Crippen molar-refractivity contribution in [3.63, 3.8) is 0 Å². The van der Waals surface area contributed by atoms with Crippen LogP contribution in [0.3, 0.4) is 0 Å². The summed E-state index contributed by atoms with van der Waals surface area (Å²) in [4.78, 5) is 13.0. The predicted octanol–water partition coefficient (Wildman–Crippen LogP) is 2.24. The number of hydrogen-bond acceptors (Lipinski definition) is 2. The van der Waals surface area contributed by atoms with Crippen molar-refractivity contribution in [2.75, 3.05) is 20.2 Å². The molecule has 1 rings (SSSR count). The molecule has 1 aromatic carbocycles. The molecule has 0 N–H and O–H groups in total. The molecule has 0 aromatic heterocycles. The smallest absolute Gasteiger partial charge is 0.222 e. The largest absolute Gasteiger partial charge is 0.492 e. The molecular weight excluding hydrogens is 202 g/mol. The number of aryl methyl sites for hydroxylation is 1. The van der Waals surface area contributed by atoms with Gasteiger partial charge in [0.2, 0.25) is 5.91 Å². The van der Waals surface area contributed by atoms with Crippen LogP contribution in [0.15, 0.2) is 24.3 Å². The van der Waals surface area contributed by atoms with Gasteiger partial charge in [-0.05, 0) is 24.6 Å². The second-order valence-corrected chi connectivity index (χ2v) is 3.83. The number of ether oxygens (including phenoxy) is 1. The number of nitrogens with zero attached hydrogens (tertiary/aromatic N) is 1. The van der Waals surface area contributed by atoms with E-state index in [1.807, 2.05) is 38.1 Å². The maximum Gasteiger partial charge on any atom is 0.222 e. The molecule has 0 aliphatic heterocycles. The quantitative estimate of drug-likeness (QED) is 0.763. The minimum atomic E-state index is 0.146. The van der Waals surface area contributed by atoms with Crippen LogP contribution in [0.25, 0.3) is 0 Å². The van der Waals surface area contributed by atoms with E-state index in [1.54, 1.807) is 11.9 Å². The third-order valence-electron chi connectivity index (χ3n) is 2.41. The SMILES string of the molecule is CCC(=O)N(C)CCOc1cccc(C)c1. The Morgan fingerprint density at radius 3 is 2.81 bits per heavy atom. The molecule has 3 nitrogen and oxygen atoms in total. The van der Waals surface area contributed by atoms with E-state index in [-0.39, 0.29) is 5.91 Å². The Kier molecular flexibility index (Phi) is 4.83. The Morgan fingerprint density at radius 2 is 2.19 bits per heavy atom. The summed E-state index contributed by atoms with van der Waals surface area (Å²) in [5.74, 6) is 1.00. The lowest BCUT2D eigenvalue weighted by Gasteiger charge is -2.16. The first-order valence-electron chi connectivity index (χ1n) is 5.57. The van der Waals surface area contributed by atoms with Gasteiger partial charge in [-0.3, -0.25) is 4.79 Å². The number of likely N-dealkylation sites (N-methyl/N-ethyl adjacent to an activating group) is 1. The molecule has 0 aliphatic rings. The van der Waals surface area contributed by atoms with Crippen LogP contribution in [-0.2, 0) is 4.79 Å². The van der Waals surface area contributed by atoms with Crippen LogP contribution in [0, 0.1) is 6.92 Å². The molecule has 0 aliphatic carbocycles. The third kappa shape index (κ3) is 3.93. The zero-order chi connectivity index (χ0) is 12.0. The van der Waals surface area contributed by atoms with Gasteiger partial charge >= 0.3 is 0 Å². The average Bonchev–Trinajstić information content (AvgIpc) is 2.28. The van der Waals surface area contributed by atoms with Crippen LogP contribution >= 0.6 is 0 Å². The Labute approximate surface area is 97.0 Å². The first kappa shape index (κ1) is 12.6. The van der Waals surface area contributed by atoms with Crippen molar-refractivity contribution in [2.24, 2.45) is 0 Å². The van der Waals surface area contributed by atoms with Gasteiger partial charge in [0, 0.05) is 13.5 Å². The van der Waals surface area contributed by atoms with E-state index in [4.69, 9.17) is 4.74 Å². The maximum absolute atomic E-state index is 11.3. The highest BCUT2D eigenvalue weighted by Crippen LogP contribution is 2.11. The standard InChI is InChI=1S/C13H19NO2/c1-4-13(15)14(3)8-9-16-12-7-5-6-11(2)10-12/h5-7,10H,4,8-9H2,1-3H3. The monoisotopic (exact) mass is 221 g/mol. The molecule has 0 radical (unpaired) electrons. The Bertz CT molecular complexity index is 350. The van der Waals surface area contributed by atoms with Crippen molar-refractivity contribution >= 4 is 5.91 Å². The fourth-order valence-corrected chi connectivity index (χ4v) is 1.40. The van der Waals surface area contributed by atoms with Crippen molar-refractivity contribution in [3.05, 3.63) is 29.8 Å². The molecule has 88 valence electrons. The van der Waals surface area contributed by atoms with Crippen molar-refractivity contribution < 1.29 is 9.53 Å². The summed E-state index contributed by atoms with van der Waals surface area (Å²) in [7, 11) is 1.80. The summed E-state index contributed by atoms with van der Waals surface area (Å²) in [6, 6.07) is 7.90. The highest BCUT2D eigenvalue weighted by Gasteiger charge is 2.04. The highest BCUT2D eigenvalue weighted by molar-refractivity contribution is 5.75. The second-order valence-electron chi connectivity index (χ2n) is 3.83. The Balaban J connectivity index is 2.33. The van der Waals surface area contributed by atoms with Gasteiger partial charge < -0.3 is 9.64 Å². The fraction of sp³-hybridized carbons (Fsp3) is 0.462. The minimum absolute atomic E-state index is 0.146. The van der Waals surface area contributed by atoms with Crippen molar-refractivity contribution in [1.82, 2.24) is 4.90 Å². The number of benzene rings is 1. The van der Waals surface area contributed by atoms with E-state index >= 15 is 0 Å². The van der Waals surface area contributed by atoms with Crippen LogP contribution in [0.5, 0.6) is 5.75 Å². The van der Waals surface area contributed by atoms with E-state index < -0.39 is 0 Å². The molecule has 0 saturated carbocycles. The van der Waals surface area contributed by atoms with Gasteiger partial charge in [0.1, 0.15) is 12.4 Å². The highest BCUT2D eigenvalue weighted by atomic mass is 16.5. The van der Waals surface area contributed by atoms with Crippen molar-refractivity contribution in [2.45, 2.75) is 20.3 Å². The van der Waals surface area contributed by atoms with Gasteiger partial charge in [0.25, 0.3) is 0 Å². The minimum Gasteiger partial charge on any atom is -0.492 e. The number of rotatable bonds is 5. The van der Waals surface area contributed by atoms with E-state index in [2.05, 4.69) is 0 Å². The van der Waals surface area contributed by atoms with Gasteiger partial charge in [-0.25, -0.2) is 0 Å². The fourth-order valence-electron chi connectivity index (χ4n) is 1.40. The summed E-state index contributed by atoms with van der Waals surface area (Å²) in [6.07, 6.45) is 0.543. The summed E-state index contributed by atoms with van der Waals surface area (Å²) in [6.45, 7) is 5.05. The lowest BCUT2D eigenvalue weighted by molar-refractivity contribution is -0.129. The molecule has 0 atom stereocenters. The van der Waals surface area contributed by atoms with Crippen LogP contribution in [0.2, 0.25) is 0 Å². The molecule has 0 heterocycles. The summed E-state index contributed by atoms with van der Waals surface area (Å²) in [5, 5.41) is 0. The van der Waals surface area contributed by atoms with Crippen LogP contribution in [0.4, 0.5) is 0 Å². The molecule has 0 unspecified atom stereocenters. The normalized spacial score (nSPS) is 9.94. The molecule has 1 aromatic rings. The zero-order valence-electron chi connectivity index (χ0n) is 10.2. The summed E-state index contributed by atoms with van der Waals surface area (Å²) >= 11 is 0. The zero-order valence-corrected chi connectivity index (χ0v) is 10.2. The van der Waals surface area contributed by atoms with Gasteiger partial charge in [-0.2, -0.15) is 0 Å². The number of carbonyl (C=O) groups excluding carboxylic acids is 1. The van der Waals surface area contributed by atoms with Crippen molar-refractivity contribution in [1.29, 1.82) is 0 Å². The summed E-state index contributed by atoms with van der Waals surface area (Å²) in [5.41, 5.74) is 1.18. The topological polar surface area (TPSA) is 29.5 Å². The maximum atomic E-state index is 11.3. The Hall–Kier alpha value is -1.51. The van der Waals surface area contributed by atoms with Gasteiger partial charge in [0.15, 0.2) is 0 Å². The molecule has 0 fully saturated rings. The molecule has 1 amide bonds. The number of carbonyl (C=O) groups is 1. The molecule has 3 heteroatoms. The summed E-state index contributed by atoms with van der Waals surface area (Å²) < 4.78 is 5.56.